The summed E-state index contributed by atoms with van der Waals surface area (Å²) in [5, 5.41) is 20.9. The molecule has 0 spiro atoms. The SMILES string of the molecule is CC1(C)[C@@H](O)CC[C@@]2(C)[C@H]3C(=O)C=C4[C@H]5C[C@@](C)(C(=O)O)CC[C@]5(C)CC[C@]4(C)[C@@]3(C)CC[C@@H]12. The van der Waals surface area contributed by atoms with Crippen molar-refractivity contribution in [3.8, 4) is 0 Å². The number of fused-ring (bicyclic) bond motifs is 7. The van der Waals surface area contributed by atoms with E-state index in [1.807, 2.05) is 13.0 Å². The number of carbonyl (C=O) groups is 2. The summed E-state index contributed by atoms with van der Waals surface area (Å²) in [4.78, 5) is 26.4. The molecule has 2 N–H and O–H groups in total. The van der Waals surface area contributed by atoms with Gasteiger partial charge in [-0.15, -0.1) is 0 Å². The monoisotopic (exact) mass is 470 g/mol. The second kappa shape index (κ2) is 6.99. The zero-order valence-electron chi connectivity index (χ0n) is 22.5. The number of ketones is 1. The van der Waals surface area contributed by atoms with Gasteiger partial charge in [-0.25, -0.2) is 0 Å². The van der Waals surface area contributed by atoms with Gasteiger partial charge >= 0.3 is 5.97 Å². The summed E-state index contributed by atoms with van der Waals surface area (Å²) in [6, 6.07) is 0. The molecule has 5 aliphatic rings. The van der Waals surface area contributed by atoms with Crippen LogP contribution in [0, 0.1) is 50.2 Å². The van der Waals surface area contributed by atoms with Crippen LogP contribution >= 0.6 is 0 Å². The minimum absolute atomic E-state index is 0.0296. The molecule has 0 aromatic carbocycles. The van der Waals surface area contributed by atoms with Crippen molar-refractivity contribution >= 4 is 11.8 Å². The quantitative estimate of drug-likeness (QED) is 0.464. The van der Waals surface area contributed by atoms with Crippen LogP contribution in [0.4, 0.5) is 0 Å². The molecule has 0 radical (unpaired) electrons. The van der Waals surface area contributed by atoms with E-state index in [9.17, 15) is 19.8 Å². The lowest BCUT2D eigenvalue weighted by Crippen LogP contribution is -2.66. The first-order valence-electron chi connectivity index (χ1n) is 13.7. The third-order valence-corrected chi connectivity index (χ3v) is 13.1. The molecular formula is C30H46O4. The van der Waals surface area contributed by atoms with Gasteiger partial charge in [0.2, 0.25) is 0 Å². The molecule has 0 aliphatic heterocycles. The highest BCUT2D eigenvalue weighted by molar-refractivity contribution is 5.95. The Morgan fingerprint density at radius 1 is 0.912 bits per heavy atom. The molecule has 9 atom stereocenters. The van der Waals surface area contributed by atoms with Gasteiger partial charge in [0.15, 0.2) is 5.78 Å². The standard InChI is InChI=1S/C30H46O4/c1-25(2)21-8-11-30(7)23(28(21,5)10-9-22(25)32)20(31)16-18-19-17-27(4,24(33)34)13-12-26(19,3)14-15-29(18,30)6/h16,19,21-23,32H,8-15,17H2,1-7H3,(H,33,34)/t19-,21+,22+,23-,26-,27+,28-,29+,30+/m1/s1. The van der Waals surface area contributed by atoms with Crippen molar-refractivity contribution in [3.63, 3.8) is 0 Å². The molecule has 4 fully saturated rings. The van der Waals surface area contributed by atoms with Gasteiger partial charge in [-0.05, 0) is 110 Å². The second-order valence-electron chi connectivity index (χ2n) is 14.9. The smallest absolute Gasteiger partial charge is 0.309 e. The lowest BCUT2D eigenvalue weighted by molar-refractivity contribution is -0.202. The highest BCUT2D eigenvalue weighted by atomic mass is 16.4. The minimum atomic E-state index is -0.711. The number of carboxylic acids is 1. The fourth-order valence-corrected chi connectivity index (χ4v) is 10.4. The van der Waals surface area contributed by atoms with Crippen molar-refractivity contribution in [2.24, 2.45) is 50.2 Å². The number of carbonyl (C=O) groups excluding carboxylic acids is 1. The summed E-state index contributed by atoms with van der Waals surface area (Å²) in [6.45, 7) is 15.8. The summed E-state index contributed by atoms with van der Waals surface area (Å²) in [7, 11) is 0. The Hall–Kier alpha value is -1.16. The first kappa shape index (κ1) is 24.5. The molecule has 34 heavy (non-hydrogen) atoms. The van der Waals surface area contributed by atoms with Crippen molar-refractivity contribution in [2.75, 3.05) is 0 Å². The Bertz CT molecular complexity index is 965. The summed E-state index contributed by atoms with van der Waals surface area (Å²) < 4.78 is 0. The van der Waals surface area contributed by atoms with E-state index in [-0.39, 0.29) is 50.8 Å². The van der Waals surface area contributed by atoms with Crippen LogP contribution in [-0.2, 0) is 9.59 Å². The maximum Gasteiger partial charge on any atom is 0.309 e. The minimum Gasteiger partial charge on any atom is -0.481 e. The normalized spacial score (nSPS) is 54.1. The molecule has 5 aliphatic carbocycles. The van der Waals surface area contributed by atoms with Crippen LogP contribution in [0.3, 0.4) is 0 Å². The third-order valence-electron chi connectivity index (χ3n) is 13.1. The van der Waals surface area contributed by atoms with E-state index >= 15 is 0 Å². The van der Waals surface area contributed by atoms with Gasteiger partial charge < -0.3 is 10.2 Å². The number of carboxylic acid groups (broad SMARTS) is 1. The van der Waals surface area contributed by atoms with Crippen molar-refractivity contribution in [1.29, 1.82) is 0 Å². The van der Waals surface area contributed by atoms with Gasteiger partial charge in [-0.2, -0.15) is 0 Å². The largest absolute Gasteiger partial charge is 0.481 e. The third kappa shape index (κ3) is 2.81. The van der Waals surface area contributed by atoms with Crippen LogP contribution in [0.25, 0.3) is 0 Å². The Balaban J connectivity index is 1.62. The first-order chi connectivity index (χ1) is 15.6. The molecule has 0 aromatic heterocycles. The fraction of sp³-hybridized carbons (Fsp3) is 0.867. The van der Waals surface area contributed by atoms with E-state index in [1.54, 1.807) is 0 Å². The van der Waals surface area contributed by atoms with Gasteiger partial charge in [0.05, 0.1) is 11.5 Å². The molecule has 4 heteroatoms. The molecule has 0 heterocycles. The molecule has 5 rings (SSSR count). The number of aliphatic hydroxyl groups excluding tert-OH is 1. The maximum atomic E-state index is 14.2. The van der Waals surface area contributed by atoms with E-state index in [0.717, 1.165) is 51.4 Å². The molecule has 4 nitrogen and oxygen atoms in total. The lowest BCUT2D eigenvalue weighted by atomic mass is 9.33. The summed E-state index contributed by atoms with van der Waals surface area (Å²) in [5.41, 5.74) is 0.142. The molecule has 0 amide bonds. The molecule has 0 saturated heterocycles. The number of aliphatic hydroxyl groups is 1. The number of hydrogen-bond acceptors (Lipinski definition) is 3. The summed E-state index contributed by atoms with van der Waals surface area (Å²) in [5.74, 6) is 0.0603. The molecular weight excluding hydrogens is 424 g/mol. The van der Waals surface area contributed by atoms with Crippen molar-refractivity contribution in [2.45, 2.75) is 112 Å². The maximum absolute atomic E-state index is 14.2. The van der Waals surface area contributed by atoms with E-state index < -0.39 is 11.4 Å². The van der Waals surface area contributed by atoms with Crippen LogP contribution < -0.4 is 0 Å². The summed E-state index contributed by atoms with van der Waals surface area (Å²) in [6.07, 6.45) is 9.95. The average Bonchev–Trinajstić information content (AvgIpc) is 2.73. The van der Waals surface area contributed by atoms with Gasteiger partial charge in [-0.1, -0.05) is 47.1 Å². The van der Waals surface area contributed by atoms with E-state index in [2.05, 4.69) is 41.5 Å². The molecule has 0 unspecified atom stereocenters. The zero-order valence-corrected chi connectivity index (χ0v) is 22.5. The van der Waals surface area contributed by atoms with E-state index in [4.69, 9.17) is 0 Å². The van der Waals surface area contributed by atoms with Gasteiger partial charge in [0.1, 0.15) is 0 Å². The molecule has 190 valence electrons. The Morgan fingerprint density at radius 3 is 2.21 bits per heavy atom. The lowest BCUT2D eigenvalue weighted by Gasteiger charge is -2.70. The highest BCUT2D eigenvalue weighted by Gasteiger charge is 2.70. The van der Waals surface area contributed by atoms with Crippen LogP contribution in [0.1, 0.15) is 106 Å². The number of rotatable bonds is 1. The topological polar surface area (TPSA) is 74.6 Å². The van der Waals surface area contributed by atoms with Crippen molar-refractivity contribution < 1.29 is 19.8 Å². The number of hydrogen-bond donors (Lipinski definition) is 2. The predicted molar refractivity (Wildman–Crippen MR) is 133 cm³/mol. The summed E-state index contributed by atoms with van der Waals surface area (Å²) >= 11 is 0. The second-order valence-corrected chi connectivity index (χ2v) is 14.9. The Labute approximate surface area is 206 Å². The number of allylic oxidation sites excluding steroid dienone is 2. The van der Waals surface area contributed by atoms with Crippen molar-refractivity contribution in [1.82, 2.24) is 0 Å². The van der Waals surface area contributed by atoms with E-state index in [0.29, 0.717) is 12.3 Å². The highest BCUT2D eigenvalue weighted by Crippen LogP contribution is 2.75. The van der Waals surface area contributed by atoms with E-state index in [1.165, 1.54) is 5.57 Å². The number of aliphatic carboxylic acids is 1. The van der Waals surface area contributed by atoms with Gasteiger partial charge in [0.25, 0.3) is 0 Å². The van der Waals surface area contributed by atoms with Gasteiger partial charge in [-0.3, -0.25) is 9.59 Å². The molecule has 0 aromatic rings. The zero-order chi connectivity index (χ0) is 25.1. The molecule has 4 saturated carbocycles. The van der Waals surface area contributed by atoms with Crippen LogP contribution in [0.2, 0.25) is 0 Å². The van der Waals surface area contributed by atoms with Crippen molar-refractivity contribution in [3.05, 3.63) is 11.6 Å². The Morgan fingerprint density at radius 2 is 1.56 bits per heavy atom. The first-order valence-corrected chi connectivity index (χ1v) is 13.7. The predicted octanol–water partition coefficient (Wildman–Crippen LogP) is 6.41. The molecule has 0 bridgehead atoms. The fourth-order valence-electron chi connectivity index (χ4n) is 10.4. The van der Waals surface area contributed by atoms with Crippen LogP contribution in [0.5, 0.6) is 0 Å². The van der Waals surface area contributed by atoms with Crippen LogP contribution in [-0.4, -0.2) is 28.1 Å². The van der Waals surface area contributed by atoms with Crippen LogP contribution in [0.15, 0.2) is 11.6 Å². The van der Waals surface area contributed by atoms with Gasteiger partial charge in [0, 0.05) is 5.92 Å². The average molecular weight is 471 g/mol. The Kier molecular flexibility index (Phi) is 5.04.